The van der Waals surface area contributed by atoms with E-state index in [9.17, 15) is 9.18 Å². The molecule has 0 radical (unpaired) electrons. The molecule has 6 rings (SSSR count). The van der Waals surface area contributed by atoms with E-state index in [0.29, 0.717) is 31.9 Å². The molecule has 0 aliphatic carbocycles. The number of carbonyl (C=O) groups excluding carboxylic acids is 1. The van der Waals surface area contributed by atoms with E-state index in [2.05, 4.69) is 35.6 Å². The predicted octanol–water partition coefficient (Wildman–Crippen LogP) is 4.57. The highest BCUT2D eigenvalue weighted by Gasteiger charge is 2.59. The van der Waals surface area contributed by atoms with E-state index in [1.165, 1.54) is 0 Å². The number of primary amides is 1. The van der Waals surface area contributed by atoms with Crippen LogP contribution in [0.1, 0.15) is 52.9 Å². The van der Waals surface area contributed by atoms with E-state index in [0.717, 1.165) is 32.2 Å². The van der Waals surface area contributed by atoms with Crippen LogP contribution in [-0.2, 0) is 0 Å². The lowest BCUT2D eigenvalue weighted by Gasteiger charge is -2.55. The number of carbonyl (C=O) groups is 1. The number of amides is 2. The van der Waals surface area contributed by atoms with E-state index < -0.39 is 34.3 Å². The third-order valence-corrected chi connectivity index (χ3v) is 9.95. The number of anilines is 1. The molecule has 2 aromatic rings. The molecule has 39 heavy (non-hydrogen) atoms. The molecule has 4 aliphatic heterocycles. The Morgan fingerprint density at radius 1 is 1.18 bits per heavy atom. The normalized spacial score (nSPS) is 30.8. The van der Waals surface area contributed by atoms with Gasteiger partial charge in [0.05, 0.1) is 22.5 Å². The van der Waals surface area contributed by atoms with Gasteiger partial charge in [-0.2, -0.15) is 9.97 Å². The fourth-order valence-corrected chi connectivity index (χ4v) is 7.98. The number of piperazine rings is 1. The van der Waals surface area contributed by atoms with E-state index in [1.54, 1.807) is 0 Å². The lowest BCUT2D eigenvalue weighted by molar-refractivity contribution is 0.0283. The molecule has 4 fully saturated rings. The average Bonchev–Trinajstić information content (AvgIpc) is 3.46. The Hall–Kier alpha value is -2.24. The molecule has 0 unspecified atom stereocenters. The van der Waals surface area contributed by atoms with Gasteiger partial charge in [0.25, 0.3) is 0 Å². The van der Waals surface area contributed by atoms with Crippen LogP contribution >= 0.6 is 23.2 Å². The second-order valence-electron chi connectivity index (χ2n) is 12.5. The molecule has 9 nitrogen and oxygen atoms in total. The molecule has 13 heteroatoms. The Morgan fingerprint density at radius 3 is 2.67 bits per heavy atom. The molecule has 0 aromatic carbocycles. The first-order valence-electron chi connectivity index (χ1n) is 13.4. The fourth-order valence-electron chi connectivity index (χ4n) is 7.50. The second-order valence-corrected chi connectivity index (χ2v) is 13.2. The SMILES string of the molecule is CC(C)(C)[C@]12CC[C@@H](CN(c3nc(OC[C@@]45CCCN4C[C@H](F)C5)nc4c(F)c(Cl)nc(Cl)c34)C1)N2C(N)=O. The number of nitrogens with two attached hydrogens (primary N) is 1. The quantitative estimate of drug-likeness (QED) is 0.526. The Balaban J connectivity index is 1.43. The summed E-state index contributed by atoms with van der Waals surface area (Å²) < 4.78 is 35.8. The van der Waals surface area contributed by atoms with Crippen LogP contribution in [0.4, 0.5) is 19.4 Å². The largest absolute Gasteiger partial charge is 0.461 e. The summed E-state index contributed by atoms with van der Waals surface area (Å²) in [5, 5.41) is -0.194. The molecule has 0 spiro atoms. The van der Waals surface area contributed by atoms with Crippen molar-refractivity contribution in [3.63, 3.8) is 0 Å². The summed E-state index contributed by atoms with van der Waals surface area (Å²) in [5.41, 5.74) is 4.47. The van der Waals surface area contributed by atoms with Crippen molar-refractivity contribution < 1.29 is 18.3 Å². The first-order valence-corrected chi connectivity index (χ1v) is 14.2. The summed E-state index contributed by atoms with van der Waals surface area (Å²) in [6.07, 6.45) is 2.79. The highest BCUT2D eigenvalue weighted by Crippen LogP contribution is 2.51. The van der Waals surface area contributed by atoms with Crippen LogP contribution in [0.3, 0.4) is 0 Å². The second kappa shape index (κ2) is 9.14. The van der Waals surface area contributed by atoms with E-state index in [1.807, 2.05) is 9.80 Å². The third-order valence-electron chi connectivity index (χ3n) is 9.43. The zero-order valence-corrected chi connectivity index (χ0v) is 23.8. The minimum atomic E-state index is -0.909. The van der Waals surface area contributed by atoms with E-state index >= 15 is 4.39 Å². The molecule has 2 N–H and O–H groups in total. The minimum absolute atomic E-state index is 0.0240. The Kier molecular flexibility index (Phi) is 6.32. The van der Waals surface area contributed by atoms with Crippen LogP contribution in [-0.4, -0.2) is 86.9 Å². The molecule has 4 atom stereocenters. The van der Waals surface area contributed by atoms with Crippen LogP contribution in [0.5, 0.6) is 6.01 Å². The van der Waals surface area contributed by atoms with Crippen LogP contribution in [0.25, 0.3) is 10.9 Å². The van der Waals surface area contributed by atoms with E-state index in [4.69, 9.17) is 38.7 Å². The third kappa shape index (κ3) is 4.10. The standard InChI is InChI=1S/C26H33Cl2F2N7O2/c1-24(2,3)26-7-5-15(37(26)22(31)38)11-35(12-26)21-16-18(17(30)20(28)33-19(16)27)32-23(34-21)39-13-25-6-4-8-36(25)10-14(29)9-25/h14-15H,4-13H2,1-3H3,(H2,31,38)/t14-,15+,25+,26+/m1/s1. The van der Waals surface area contributed by atoms with Gasteiger partial charge in [0.15, 0.2) is 11.0 Å². The first-order chi connectivity index (χ1) is 18.3. The number of rotatable bonds is 4. The monoisotopic (exact) mass is 583 g/mol. The van der Waals surface area contributed by atoms with Crippen molar-refractivity contribution in [1.29, 1.82) is 0 Å². The molecule has 2 aromatic heterocycles. The molecule has 6 heterocycles. The van der Waals surface area contributed by atoms with Crippen molar-refractivity contribution in [2.45, 2.75) is 76.2 Å². The van der Waals surface area contributed by atoms with Gasteiger partial charge in [0, 0.05) is 26.1 Å². The summed E-state index contributed by atoms with van der Waals surface area (Å²) in [4.78, 5) is 31.6. The van der Waals surface area contributed by atoms with Gasteiger partial charge < -0.3 is 20.3 Å². The molecule has 0 saturated carbocycles. The van der Waals surface area contributed by atoms with Crippen molar-refractivity contribution >= 4 is 46.0 Å². The molecular weight excluding hydrogens is 551 g/mol. The van der Waals surface area contributed by atoms with Gasteiger partial charge in [0.1, 0.15) is 29.3 Å². The number of urea groups is 1. The Morgan fingerprint density at radius 2 is 1.95 bits per heavy atom. The Labute approximate surface area is 236 Å². The lowest BCUT2D eigenvalue weighted by Crippen LogP contribution is -2.69. The smallest absolute Gasteiger partial charge is 0.319 e. The highest BCUT2D eigenvalue weighted by molar-refractivity contribution is 6.37. The number of aromatic nitrogens is 3. The van der Waals surface area contributed by atoms with Gasteiger partial charge >= 0.3 is 12.0 Å². The number of pyridine rings is 1. The maximum atomic E-state index is 15.4. The number of ether oxygens (including phenoxy) is 1. The lowest BCUT2D eigenvalue weighted by atomic mass is 9.71. The summed E-state index contributed by atoms with van der Waals surface area (Å²) in [5.74, 6) is -0.456. The number of hydrogen-bond acceptors (Lipinski definition) is 7. The fraction of sp³-hybridized carbons (Fsp3) is 0.692. The van der Waals surface area contributed by atoms with Crippen LogP contribution in [0.15, 0.2) is 0 Å². The van der Waals surface area contributed by atoms with Gasteiger partial charge in [-0.05, 0) is 37.6 Å². The van der Waals surface area contributed by atoms with Gasteiger partial charge in [-0.25, -0.2) is 18.6 Å². The molecule has 4 aliphatic rings. The van der Waals surface area contributed by atoms with Crippen molar-refractivity contribution in [1.82, 2.24) is 24.8 Å². The first kappa shape index (κ1) is 27.0. The molecule has 212 valence electrons. The van der Waals surface area contributed by atoms with Crippen LogP contribution in [0, 0.1) is 11.2 Å². The summed E-state index contributed by atoms with van der Waals surface area (Å²) >= 11 is 12.6. The van der Waals surface area contributed by atoms with Gasteiger partial charge in [-0.3, -0.25) is 4.90 Å². The maximum Gasteiger partial charge on any atom is 0.319 e. The zero-order valence-electron chi connectivity index (χ0n) is 22.3. The molecule has 2 bridgehead atoms. The topological polar surface area (TPSA) is 101 Å². The number of halogens is 4. The van der Waals surface area contributed by atoms with Crippen molar-refractivity contribution in [3.8, 4) is 6.01 Å². The molecular formula is C26H33Cl2F2N7O2. The number of nitrogens with zero attached hydrogens (tertiary/aromatic N) is 6. The van der Waals surface area contributed by atoms with Crippen molar-refractivity contribution in [2.24, 2.45) is 11.1 Å². The van der Waals surface area contributed by atoms with Gasteiger partial charge in [-0.1, -0.05) is 44.0 Å². The average molecular weight is 584 g/mol. The maximum absolute atomic E-state index is 15.4. The predicted molar refractivity (Wildman–Crippen MR) is 145 cm³/mol. The zero-order chi connectivity index (χ0) is 27.9. The summed E-state index contributed by atoms with van der Waals surface area (Å²) in [6.45, 7) is 8.48. The Bertz CT molecular complexity index is 1340. The minimum Gasteiger partial charge on any atom is -0.461 e. The highest BCUT2D eigenvalue weighted by atomic mass is 35.5. The summed E-state index contributed by atoms with van der Waals surface area (Å²) in [7, 11) is 0. The molecule has 2 amide bonds. The van der Waals surface area contributed by atoms with Crippen LogP contribution in [0.2, 0.25) is 10.3 Å². The van der Waals surface area contributed by atoms with Crippen LogP contribution < -0.4 is 15.4 Å². The number of hydrogen-bond donors (Lipinski definition) is 1. The molecule has 4 saturated heterocycles. The number of fused-ring (bicyclic) bond motifs is 4. The van der Waals surface area contributed by atoms with Crippen molar-refractivity contribution in [2.75, 3.05) is 37.7 Å². The summed E-state index contributed by atoms with van der Waals surface area (Å²) in [6, 6.07) is -0.642. The van der Waals surface area contributed by atoms with Gasteiger partial charge in [0.2, 0.25) is 0 Å². The van der Waals surface area contributed by atoms with Gasteiger partial charge in [-0.15, -0.1) is 0 Å². The number of alkyl halides is 1. The van der Waals surface area contributed by atoms with E-state index in [-0.39, 0.29) is 40.1 Å². The van der Waals surface area contributed by atoms with Crippen molar-refractivity contribution in [3.05, 3.63) is 16.1 Å².